The number of carbonyl (C=O) groups is 1. The molecule has 0 bridgehead atoms. The summed E-state index contributed by atoms with van der Waals surface area (Å²) in [5.74, 6) is 1.46. The van der Waals surface area contributed by atoms with E-state index in [2.05, 4.69) is 38.3 Å². The molecule has 0 radical (unpaired) electrons. The highest BCUT2D eigenvalue weighted by Crippen LogP contribution is 2.21. The first kappa shape index (κ1) is 12.5. The number of hydrogen-bond donors (Lipinski definition) is 2. The maximum absolute atomic E-state index is 11.9. The molecule has 1 aliphatic heterocycles. The van der Waals surface area contributed by atoms with E-state index in [-0.39, 0.29) is 11.8 Å². The van der Waals surface area contributed by atoms with E-state index in [0.29, 0.717) is 17.9 Å². The standard InChI is InChI=1S/C12H24N2O/c1-8(2)7-14-12(15)10-5-6-13-11(10)9(3)4/h8-11,13H,5-7H2,1-4H3,(H,14,15). The Morgan fingerprint density at radius 2 is 2.07 bits per heavy atom. The van der Waals surface area contributed by atoms with E-state index in [1.807, 2.05) is 0 Å². The summed E-state index contributed by atoms with van der Waals surface area (Å²) in [4.78, 5) is 11.9. The van der Waals surface area contributed by atoms with Crippen LogP contribution in [0.2, 0.25) is 0 Å². The van der Waals surface area contributed by atoms with Gasteiger partial charge in [0.05, 0.1) is 5.92 Å². The fourth-order valence-corrected chi connectivity index (χ4v) is 2.16. The molecule has 3 nitrogen and oxygen atoms in total. The lowest BCUT2D eigenvalue weighted by Crippen LogP contribution is -2.42. The van der Waals surface area contributed by atoms with Gasteiger partial charge in [-0.3, -0.25) is 4.79 Å². The van der Waals surface area contributed by atoms with Gasteiger partial charge in [-0.25, -0.2) is 0 Å². The summed E-state index contributed by atoms with van der Waals surface area (Å²) in [6.45, 7) is 10.3. The van der Waals surface area contributed by atoms with Crippen molar-refractivity contribution in [2.45, 2.75) is 40.2 Å². The van der Waals surface area contributed by atoms with Gasteiger partial charge in [0.1, 0.15) is 0 Å². The lowest BCUT2D eigenvalue weighted by Gasteiger charge is -2.22. The second-order valence-corrected chi connectivity index (χ2v) is 5.26. The van der Waals surface area contributed by atoms with Crippen LogP contribution in [-0.4, -0.2) is 25.0 Å². The maximum Gasteiger partial charge on any atom is 0.224 e. The van der Waals surface area contributed by atoms with Crippen LogP contribution >= 0.6 is 0 Å². The molecule has 3 heteroatoms. The zero-order valence-electron chi connectivity index (χ0n) is 10.3. The molecule has 0 aromatic carbocycles. The molecule has 0 saturated carbocycles. The summed E-state index contributed by atoms with van der Waals surface area (Å²) in [5.41, 5.74) is 0. The van der Waals surface area contributed by atoms with E-state index in [0.717, 1.165) is 19.5 Å². The number of rotatable bonds is 4. The summed E-state index contributed by atoms with van der Waals surface area (Å²) in [5, 5.41) is 6.44. The van der Waals surface area contributed by atoms with Gasteiger partial charge in [-0.15, -0.1) is 0 Å². The molecule has 1 fully saturated rings. The third kappa shape index (κ3) is 3.49. The zero-order chi connectivity index (χ0) is 11.4. The molecule has 1 aliphatic rings. The second kappa shape index (κ2) is 5.50. The third-order valence-corrected chi connectivity index (χ3v) is 3.01. The van der Waals surface area contributed by atoms with Gasteiger partial charge < -0.3 is 10.6 Å². The van der Waals surface area contributed by atoms with Gasteiger partial charge in [0.25, 0.3) is 0 Å². The van der Waals surface area contributed by atoms with Gasteiger partial charge >= 0.3 is 0 Å². The van der Waals surface area contributed by atoms with E-state index in [9.17, 15) is 4.79 Å². The van der Waals surface area contributed by atoms with Crippen molar-refractivity contribution in [3.8, 4) is 0 Å². The summed E-state index contributed by atoms with van der Waals surface area (Å²) in [6.07, 6.45) is 0.979. The Balaban J connectivity index is 2.44. The normalized spacial score (nSPS) is 26.3. The Kier molecular flexibility index (Phi) is 4.58. The van der Waals surface area contributed by atoms with E-state index < -0.39 is 0 Å². The highest BCUT2D eigenvalue weighted by Gasteiger charge is 2.34. The van der Waals surface area contributed by atoms with Crippen LogP contribution in [0.4, 0.5) is 0 Å². The minimum absolute atomic E-state index is 0.170. The molecule has 88 valence electrons. The number of amides is 1. The lowest BCUT2D eigenvalue weighted by molar-refractivity contribution is -0.125. The smallest absolute Gasteiger partial charge is 0.224 e. The average Bonchev–Trinajstić information content (AvgIpc) is 2.62. The molecule has 1 heterocycles. The van der Waals surface area contributed by atoms with Gasteiger partial charge in [-0.2, -0.15) is 0 Å². The van der Waals surface area contributed by atoms with Crippen LogP contribution in [0.1, 0.15) is 34.1 Å². The van der Waals surface area contributed by atoms with Crippen LogP contribution in [0.25, 0.3) is 0 Å². The molecule has 1 rings (SSSR count). The maximum atomic E-state index is 11.9. The predicted octanol–water partition coefficient (Wildman–Crippen LogP) is 1.39. The van der Waals surface area contributed by atoms with E-state index in [1.165, 1.54) is 0 Å². The molecular weight excluding hydrogens is 188 g/mol. The number of carbonyl (C=O) groups excluding carboxylic acids is 1. The Hall–Kier alpha value is -0.570. The minimum Gasteiger partial charge on any atom is -0.356 e. The second-order valence-electron chi connectivity index (χ2n) is 5.26. The van der Waals surface area contributed by atoms with E-state index in [1.54, 1.807) is 0 Å². The molecule has 0 aliphatic carbocycles. The summed E-state index contributed by atoms with van der Waals surface area (Å²) < 4.78 is 0. The Bertz CT molecular complexity index is 214. The van der Waals surface area contributed by atoms with Crippen molar-refractivity contribution in [2.75, 3.05) is 13.1 Å². The molecule has 2 N–H and O–H groups in total. The first-order valence-corrected chi connectivity index (χ1v) is 6.03. The fourth-order valence-electron chi connectivity index (χ4n) is 2.16. The quantitative estimate of drug-likeness (QED) is 0.739. The molecule has 0 aromatic heterocycles. The molecular formula is C12H24N2O. The summed E-state index contributed by atoms with van der Waals surface area (Å²) in [6, 6.07) is 0.358. The monoisotopic (exact) mass is 212 g/mol. The van der Waals surface area contributed by atoms with Crippen molar-refractivity contribution < 1.29 is 4.79 Å². The molecule has 15 heavy (non-hydrogen) atoms. The Labute approximate surface area is 93.0 Å². The van der Waals surface area contributed by atoms with Crippen LogP contribution in [0.3, 0.4) is 0 Å². The molecule has 1 saturated heterocycles. The van der Waals surface area contributed by atoms with Crippen molar-refractivity contribution in [3.63, 3.8) is 0 Å². The van der Waals surface area contributed by atoms with Gasteiger partial charge in [0, 0.05) is 12.6 Å². The zero-order valence-corrected chi connectivity index (χ0v) is 10.3. The minimum atomic E-state index is 0.170. The molecule has 2 atom stereocenters. The first-order valence-electron chi connectivity index (χ1n) is 6.03. The van der Waals surface area contributed by atoms with Crippen molar-refractivity contribution in [1.82, 2.24) is 10.6 Å². The van der Waals surface area contributed by atoms with Gasteiger partial charge in [0.2, 0.25) is 5.91 Å². The SMILES string of the molecule is CC(C)CNC(=O)C1CCNC1C(C)C. The molecule has 0 spiro atoms. The van der Waals surface area contributed by atoms with Crippen LogP contribution in [0, 0.1) is 17.8 Å². The van der Waals surface area contributed by atoms with Crippen molar-refractivity contribution in [3.05, 3.63) is 0 Å². The van der Waals surface area contributed by atoms with Crippen LogP contribution in [0.5, 0.6) is 0 Å². The highest BCUT2D eigenvalue weighted by molar-refractivity contribution is 5.79. The molecule has 2 unspecified atom stereocenters. The topological polar surface area (TPSA) is 41.1 Å². The summed E-state index contributed by atoms with van der Waals surface area (Å²) in [7, 11) is 0. The fraction of sp³-hybridized carbons (Fsp3) is 0.917. The largest absolute Gasteiger partial charge is 0.356 e. The Morgan fingerprint density at radius 1 is 1.40 bits per heavy atom. The van der Waals surface area contributed by atoms with Crippen molar-refractivity contribution in [1.29, 1.82) is 0 Å². The Morgan fingerprint density at radius 3 is 2.60 bits per heavy atom. The van der Waals surface area contributed by atoms with E-state index >= 15 is 0 Å². The number of hydrogen-bond acceptors (Lipinski definition) is 2. The van der Waals surface area contributed by atoms with Gasteiger partial charge in [0.15, 0.2) is 0 Å². The third-order valence-electron chi connectivity index (χ3n) is 3.01. The van der Waals surface area contributed by atoms with Gasteiger partial charge in [-0.1, -0.05) is 27.7 Å². The number of nitrogens with one attached hydrogen (secondary N) is 2. The first-order chi connectivity index (χ1) is 7.02. The summed E-state index contributed by atoms with van der Waals surface area (Å²) >= 11 is 0. The molecule has 1 amide bonds. The van der Waals surface area contributed by atoms with Crippen LogP contribution < -0.4 is 10.6 Å². The van der Waals surface area contributed by atoms with Crippen LogP contribution in [-0.2, 0) is 4.79 Å². The van der Waals surface area contributed by atoms with E-state index in [4.69, 9.17) is 0 Å². The predicted molar refractivity (Wildman–Crippen MR) is 62.6 cm³/mol. The lowest BCUT2D eigenvalue weighted by atomic mass is 9.91. The van der Waals surface area contributed by atoms with Crippen molar-refractivity contribution in [2.24, 2.45) is 17.8 Å². The van der Waals surface area contributed by atoms with Gasteiger partial charge in [-0.05, 0) is 24.8 Å². The van der Waals surface area contributed by atoms with Crippen LogP contribution in [0.15, 0.2) is 0 Å². The van der Waals surface area contributed by atoms with Crippen molar-refractivity contribution >= 4 is 5.91 Å². The highest BCUT2D eigenvalue weighted by atomic mass is 16.1. The average molecular weight is 212 g/mol. The molecule has 0 aromatic rings.